The Balaban J connectivity index is 4.27. The summed E-state index contributed by atoms with van der Waals surface area (Å²) in [7, 11) is 0. The molecule has 0 aliphatic carbocycles. The summed E-state index contributed by atoms with van der Waals surface area (Å²) >= 11 is 0. The van der Waals surface area contributed by atoms with E-state index in [-0.39, 0.29) is 31.1 Å². The molecule has 1 unspecified atom stereocenters. The predicted molar refractivity (Wildman–Crippen MR) is 335 cm³/mol. The maximum atomic E-state index is 12.9. The fraction of sp³-hybridized carbons (Fsp3) is 0.789. The molecule has 0 aliphatic heterocycles. The van der Waals surface area contributed by atoms with Gasteiger partial charge in [0, 0.05) is 19.3 Å². The lowest BCUT2D eigenvalue weighted by Crippen LogP contribution is -2.30. The van der Waals surface area contributed by atoms with E-state index >= 15 is 0 Å². The first kappa shape index (κ1) is 73.8. The van der Waals surface area contributed by atoms with Crippen molar-refractivity contribution in [3.8, 4) is 0 Å². The Morgan fingerprint density at radius 3 is 0.818 bits per heavy atom. The molecule has 0 aromatic heterocycles. The Morgan fingerprint density at radius 1 is 0.260 bits per heavy atom. The van der Waals surface area contributed by atoms with Gasteiger partial charge in [0.15, 0.2) is 6.10 Å². The Hall–Kier alpha value is -3.15. The summed E-state index contributed by atoms with van der Waals surface area (Å²) in [6.45, 7) is 6.57. The number of esters is 3. The molecule has 0 saturated carbocycles. The second kappa shape index (κ2) is 65.4. The van der Waals surface area contributed by atoms with Crippen LogP contribution in [-0.4, -0.2) is 37.2 Å². The molecule has 0 rings (SSSR count). The molecule has 6 nitrogen and oxygen atoms in total. The summed E-state index contributed by atoms with van der Waals surface area (Å²) in [6.07, 6.45) is 84.9. The van der Waals surface area contributed by atoms with Crippen molar-refractivity contribution >= 4 is 17.9 Å². The van der Waals surface area contributed by atoms with Crippen molar-refractivity contribution in [1.82, 2.24) is 0 Å². The smallest absolute Gasteiger partial charge is 0.306 e. The third-order valence-electron chi connectivity index (χ3n) is 14.6. The van der Waals surface area contributed by atoms with Gasteiger partial charge in [0.05, 0.1) is 0 Å². The van der Waals surface area contributed by atoms with Crippen LogP contribution in [0.15, 0.2) is 72.9 Å². The molecule has 0 aromatic carbocycles. The molecule has 0 N–H and O–H groups in total. The van der Waals surface area contributed by atoms with Crippen molar-refractivity contribution in [3.05, 3.63) is 72.9 Å². The van der Waals surface area contributed by atoms with Crippen LogP contribution in [0.1, 0.15) is 342 Å². The normalized spacial score (nSPS) is 12.5. The number of unbranched alkanes of at least 4 members (excludes halogenated alkanes) is 38. The van der Waals surface area contributed by atoms with Gasteiger partial charge in [0.25, 0.3) is 0 Å². The molecule has 1 atom stereocenters. The van der Waals surface area contributed by atoms with Crippen molar-refractivity contribution in [1.29, 1.82) is 0 Å². The van der Waals surface area contributed by atoms with E-state index in [1.807, 2.05) is 0 Å². The van der Waals surface area contributed by atoms with Crippen LogP contribution < -0.4 is 0 Å². The molecule has 6 heteroatoms. The summed E-state index contributed by atoms with van der Waals surface area (Å²) in [5.41, 5.74) is 0. The number of carbonyl (C=O) groups excluding carboxylic acids is 3. The topological polar surface area (TPSA) is 78.9 Å². The molecule has 77 heavy (non-hydrogen) atoms. The van der Waals surface area contributed by atoms with E-state index < -0.39 is 6.10 Å². The average molecular weight is 1080 g/mol. The second-order valence-corrected chi connectivity index (χ2v) is 22.4. The van der Waals surface area contributed by atoms with Crippen LogP contribution in [0.4, 0.5) is 0 Å². The average Bonchev–Trinajstić information content (AvgIpc) is 3.43. The molecule has 0 aliphatic rings. The van der Waals surface area contributed by atoms with Gasteiger partial charge in [0.1, 0.15) is 13.2 Å². The minimum atomic E-state index is -0.789. The fourth-order valence-corrected chi connectivity index (χ4v) is 9.60. The Morgan fingerprint density at radius 2 is 0.494 bits per heavy atom. The third-order valence-corrected chi connectivity index (χ3v) is 14.6. The molecule has 0 radical (unpaired) electrons. The number of rotatable bonds is 61. The Kier molecular flexibility index (Phi) is 62.7. The van der Waals surface area contributed by atoms with Crippen LogP contribution in [0.5, 0.6) is 0 Å². The van der Waals surface area contributed by atoms with Gasteiger partial charge in [-0.05, 0) is 109 Å². The summed E-state index contributed by atoms with van der Waals surface area (Å²) in [5.74, 6) is -0.896. The van der Waals surface area contributed by atoms with Crippen molar-refractivity contribution in [2.24, 2.45) is 0 Å². The predicted octanol–water partition coefficient (Wildman–Crippen LogP) is 22.9. The third kappa shape index (κ3) is 63.6. The highest BCUT2D eigenvalue weighted by molar-refractivity contribution is 5.71. The quantitative estimate of drug-likeness (QED) is 0.0261. The van der Waals surface area contributed by atoms with E-state index in [0.29, 0.717) is 19.3 Å². The number of hydrogen-bond acceptors (Lipinski definition) is 6. The largest absolute Gasteiger partial charge is 0.462 e. The lowest BCUT2D eigenvalue weighted by Gasteiger charge is -2.18. The van der Waals surface area contributed by atoms with E-state index in [0.717, 1.165) is 109 Å². The highest BCUT2D eigenvalue weighted by Gasteiger charge is 2.19. The first-order chi connectivity index (χ1) is 38.0. The van der Waals surface area contributed by atoms with Crippen molar-refractivity contribution < 1.29 is 28.6 Å². The lowest BCUT2D eigenvalue weighted by atomic mass is 10.0. The molecule has 0 amide bonds. The molecule has 0 saturated heterocycles. The molecule has 446 valence electrons. The summed E-state index contributed by atoms with van der Waals surface area (Å²) in [4.78, 5) is 38.3. The van der Waals surface area contributed by atoms with Crippen LogP contribution in [0.3, 0.4) is 0 Å². The minimum Gasteiger partial charge on any atom is -0.462 e. The van der Waals surface area contributed by atoms with Gasteiger partial charge in [-0.25, -0.2) is 0 Å². The number of allylic oxidation sites excluding steroid dienone is 12. The molecular formula is C71H126O6. The van der Waals surface area contributed by atoms with Crippen molar-refractivity contribution in [2.75, 3.05) is 13.2 Å². The van der Waals surface area contributed by atoms with E-state index in [1.165, 1.54) is 193 Å². The second-order valence-electron chi connectivity index (χ2n) is 22.4. The highest BCUT2D eigenvalue weighted by atomic mass is 16.6. The Bertz CT molecular complexity index is 1420. The van der Waals surface area contributed by atoms with Gasteiger partial charge in [-0.15, -0.1) is 0 Å². The molecular weight excluding hydrogens is 949 g/mol. The zero-order valence-corrected chi connectivity index (χ0v) is 51.2. The van der Waals surface area contributed by atoms with Gasteiger partial charge in [0.2, 0.25) is 0 Å². The van der Waals surface area contributed by atoms with E-state index in [4.69, 9.17) is 14.2 Å². The van der Waals surface area contributed by atoms with Crippen molar-refractivity contribution in [3.63, 3.8) is 0 Å². The number of carbonyl (C=O) groups is 3. The van der Waals surface area contributed by atoms with E-state index in [9.17, 15) is 14.4 Å². The SMILES string of the molecule is CCC/C=C\C/C=C\CCCCCCCC(=O)OCC(COC(=O)CCCCCCCCCCCCCCCCC/C=C\CCCCCCCCCC)OC(=O)CCCCCCCC/C=C\C/C=C\C/C=C\CCCCC. The van der Waals surface area contributed by atoms with Gasteiger partial charge in [-0.3, -0.25) is 14.4 Å². The minimum absolute atomic E-state index is 0.0834. The zero-order valence-electron chi connectivity index (χ0n) is 51.2. The Labute approximate surface area is 478 Å². The van der Waals surface area contributed by atoms with Crippen LogP contribution in [0, 0.1) is 0 Å². The highest BCUT2D eigenvalue weighted by Crippen LogP contribution is 2.17. The van der Waals surface area contributed by atoms with Crippen LogP contribution >= 0.6 is 0 Å². The molecule has 0 bridgehead atoms. The molecule has 0 fully saturated rings. The number of hydrogen-bond donors (Lipinski definition) is 0. The zero-order chi connectivity index (χ0) is 55.7. The van der Waals surface area contributed by atoms with Gasteiger partial charge >= 0.3 is 17.9 Å². The van der Waals surface area contributed by atoms with Gasteiger partial charge in [-0.1, -0.05) is 286 Å². The van der Waals surface area contributed by atoms with Gasteiger partial charge < -0.3 is 14.2 Å². The van der Waals surface area contributed by atoms with E-state index in [2.05, 4.69) is 93.7 Å². The first-order valence-electron chi connectivity index (χ1n) is 33.4. The summed E-state index contributed by atoms with van der Waals surface area (Å²) in [6, 6.07) is 0. The first-order valence-corrected chi connectivity index (χ1v) is 33.4. The lowest BCUT2D eigenvalue weighted by molar-refractivity contribution is -0.167. The summed E-state index contributed by atoms with van der Waals surface area (Å²) < 4.78 is 16.9. The molecule has 0 heterocycles. The standard InChI is InChI=1S/C71H126O6/c1-4-7-10-13-16-19-22-25-27-29-31-32-33-34-35-36-37-38-40-41-43-46-49-52-55-58-61-64-70(73)76-67-68(66-75-69(72)63-60-57-54-51-48-45-24-21-18-15-12-9-6-3)77-71(74)65-62-59-56-53-50-47-44-42-39-30-28-26-23-20-17-14-11-8-5-2/h12,15,17,20-21,24,26,28-29,31,39,42,68H,4-11,13-14,16,18-19,22-23,25,27,30,32-38,40-41,43-67H2,1-3H3/b15-12-,20-17-,24-21-,28-26-,31-29-,42-39-. The van der Waals surface area contributed by atoms with Crippen LogP contribution in [-0.2, 0) is 28.6 Å². The van der Waals surface area contributed by atoms with Crippen LogP contribution in [0.2, 0.25) is 0 Å². The van der Waals surface area contributed by atoms with Crippen LogP contribution in [0.25, 0.3) is 0 Å². The number of ether oxygens (including phenoxy) is 3. The fourth-order valence-electron chi connectivity index (χ4n) is 9.60. The van der Waals surface area contributed by atoms with E-state index in [1.54, 1.807) is 0 Å². The maximum Gasteiger partial charge on any atom is 0.306 e. The maximum absolute atomic E-state index is 12.9. The van der Waals surface area contributed by atoms with Gasteiger partial charge in [-0.2, -0.15) is 0 Å². The molecule has 0 aromatic rings. The van der Waals surface area contributed by atoms with Crippen molar-refractivity contribution in [2.45, 2.75) is 348 Å². The summed E-state index contributed by atoms with van der Waals surface area (Å²) in [5, 5.41) is 0. The monoisotopic (exact) mass is 1070 g/mol. The molecule has 0 spiro atoms.